The van der Waals surface area contributed by atoms with E-state index in [1.54, 1.807) is 0 Å². The Morgan fingerprint density at radius 2 is 2.25 bits per heavy atom. The average molecular weight is 253 g/mol. The average Bonchev–Trinajstić information content (AvgIpc) is 3.03. The van der Waals surface area contributed by atoms with Crippen LogP contribution in [0.15, 0.2) is 0 Å². The van der Waals surface area contributed by atoms with E-state index in [1.165, 1.54) is 20.0 Å². The van der Waals surface area contributed by atoms with Crippen LogP contribution in [0.1, 0.15) is 12.8 Å². The number of carbonyl (C=O) groups is 1. The first-order valence-corrected chi connectivity index (χ1v) is 5.36. The van der Waals surface area contributed by atoms with Gasteiger partial charge in [0.25, 0.3) is 5.91 Å². The fourth-order valence-corrected chi connectivity index (χ4v) is 1.21. The molecule has 1 atom stereocenters. The highest BCUT2D eigenvalue weighted by Crippen LogP contribution is 2.28. The van der Waals surface area contributed by atoms with Crippen LogP contribution >= 0.6 is 12.4 Å². The molecule has 0 radical (unpaired) electrons. The first kappa shape index (κ1) is 15.6. The molecule has 6 heteroatoms. The van der Waals surface area contributed by atoms with Crippen LogP contribution in [-0.4, -0.2) is 45.4 Å². The standard InChI is InChI=1S/C10H20N2O3.ClH/c1-14-9(6-11)10(13)12-4-5-15-7-8-2-3-8;/h8-9H,2-7,11H2,1H3,(H,12,13);1H. The highest BCUT2D eigenvalue weighted by molar-refractivity contribution is 5.85. The molecule has 0 spiro atoms. The quantitative estimate of drug-likeness (QED) is 0.593. The van der Waals surface area contributed by atoms with Crippen LogP contribution in [0.2, 0.25) is 0 Å². The Labute approximate surface area is 102 Å². The Balaban J connectivity index is 0.00000225. The summed E-state index contributed by atoms with van der Waals surface area (Å²) in [5.74, 6) is 0.589. The van der Waals surface area contributed by atoms with Crippen molar-refractivity contribution in [1.82, 2.24) is 5.32 Å². The fraction of sp³-hybridized carbons (Fsp3) is 0.900. The molecule has 1 rings (SSSR count). The molecule has 1 aliphatic rings. The van der Waals surface area contributed by atoms with Crippen molar-refractivity contribution in [3.8, 4) is 0 Å². The maximum atomic E-state index is 11.3. The molecule has 1 unspecified atom stereocenters. The molecule has 0 bridgehead atoms. The Bertz CT molecular complexity index is 197. The second-order valence-corrected chi connectivity index (χ2v) is 3.77. The minimum absolute atomic E-state index is 0. The molecule has 3 N–H and O–H groups in total. The monoisotopic (exact) mass is 252 g/mol. The van der Waals surface area contributed by atoms with Gasteiger partial charge in [0.05, 0.1) is 6.61 Å². The van der Waals surface area contributed by atoms with Crippen molar-refractivity contribution in [2.75, 3.05) is 33.4 Å². The van der Waals surface area contributed by atoms with E-state index >= 15 is 0 Å². The highest BCUT2D eigenvalue weighted by atomic mass is 35.5. The zero-order valence-electron chi connectivity index (χ0n) is 9.61. The molecule has 1 fully saturated rings. The van der Waals surface area contributed by atoms with E-state index in [9.17, 15) is 4.79 Å². The predicted octanol–water partition coefficient (Wildman–Crippen LogP) is -0.0753. The van der Waals surface area contributed by atoms with Crippen LogP contribution in [0.4, 0.5) is 0 Å². The topological polar surface area (TPSA) is 73.6 Å². The number of hydrogen-bond acceptors (Lipinski definition) is 4. The smallest absolute Gasteiger partial charge is 0.250 e. The lowest BCUT2D eigenvalue weighted by Gasteiger charge is -2.12. The van der Waals surface area contributed by atoms with Gasteiger partial charge in [0.2, 0.25) is 0 Å². The molecule has 0 aliphatic heterocycles. The van der Waals surface area contributed by atoms with Gasteiger partial charge in [0, 0.05) is 26.8 Å². The summed E-state index contributed by atoms with van der Waals surface area (Å²) in [6.07, 6.45) is 2.02. The predicted molar refractivity (Wildman–Crippen MR) is 63.7 cm³/mol. The lowest BCUT2D eigenvalue weighted by Crippen LogP contribution is -2.41. The largest absolute Gasteiger partial charge is 0.379 e. The second-order valence-electron chi connectivity index (χ2n) is 3.77. The number of rotatable bonds is 8. The number of halogens is 1. The molecule has 16 heavy (non-hydrogen) atoms. The van der Waals surface area contributed by atoms with Crippen LogP contribution in [0.25, 0.3) is 0 Å². The molecule has 96 valence electrons. The Hall–Kier alpha value is -0.360. The normalized spacial score (nSPS) is 16.4. The van der Waals surface area contributed by atoms with Gasteiger partial charge in [-0.25, -0.2) is 0 Å². The van der Waals surface area contributed by atoms with Crippen molar-refractivity contribution in [2.24, 2.45) is 11.7 Å². The second kappa shape index (κ2) is 8.75. The lowest BCUT2D eigenvalue weighted by molar-refractivity contribution is -0.130. The van der Waals surface area contributed by atoms with Gasteiger partial charge in [0.1, 0.15) is 6.10 Å². The summed E-state index contributed by atoms with van der Waals surface area (Å²) >= 11 is 0. The van der Waals surface area contributed by atoms with Crippen molar-refractivity contribution in [3.63, 3.8) is 0 Å². The number of nitrogens with one attached hydrogen (secondary N) is 1. The maximum Gasteiger partial charge on any atom is 0.250 e. The van der Waals surface area contributed by atoms with Crippen LogP contribution in [0, 0.1) is 5.92 Å². The number of hydrogen-bond donors (Lipinski definition) is 2. The van der Waals surface area contributed by atoms with Crippen LogP contribution < -0.4 is 11.1 Å². The van der Waals surface area contributed by atoms with E-state index < -0.39 is 6.10 Å². The molecule has 1 amide bonds. The minimum atomic E-state index is -0.548. The van der Waals surface area contributed by atoms with Crippen molar-refractivity contribution >= 4 is 18.3 Å². The number of ether oxygens (including phenoxy) is 2. The third kappa shape index (κ3) is 6.27. The summed E-state index contributed by atoms with van der Waals surface area (Å²) < 4.78 is 10.3. The van der Waals surface area contributed by atoms with E-state index in [2.05, 4.69) is 5.32 Å². The summed E-state index contributed by atoms with van der Waals surface area (Å²) in [6, 6.07) is 0. The Morgan fingerprint density at radius 3 is 2.75 bits per heavy atom. The molecular formula is C10H21ClN2O3. The van der Waals surface area contributed by atoms with E-state index in [4.69, 9.17) is 15.2 Å². The van der Waals surface area contributed by atoms with E-state index in [0.29, 0.717) is 13.2 Å². The molecule has 0 heterocycles. The summed E-state index contributed by atoms with van der Waals surface area (Å²) in [7, 11) is 1.47. The molecule has 5 nitrogen and oxygen atoms in total. The van der Waals surface area contributed by atoms with Crippen molar-refractivity contribution in [1.29, 1.82) is 0 Å². The third-order valence-corrected chi connectivity index (χ3v) is 2.39. The third-order valence-electron chi connectivity index (χ3n) is 2.39. The summed E-state index contributed by atoms with van der Waals surface area (Å²) in [6.45, 7) is 2.10. The van der Waals surface area contributed by atoms with Crippen LogP contribution in [-0.2, 0) is 14.3 Å². The minimum Gasteiger partial charge on any atom is -0.379 e. The zero-order chi connectivity index (χ0) is 11.1. The van der Waals surface area contributed by atoms with Gasteiger partial charge in [-0.3, -0.25) is 4.79 Å². The van der Waals surface area contributed by atoms with Crippen molar-refractivity contribution < 1.29 is 14.3 Å². The summed E-state index contributed by atoms with van der Waals surface area (Å²) in [5.41, 5.74) is 5.35. The summed E-state index contributed by atoms with van der Waals surface area (Å²) in [4.78, 5) is 11.3. The van der Waals surface area contributed by atoms with Gasteiger partial charge in [-0.15, -0.1) is 12.4 Å². The van der Waals surface area contributed by atoms with Gasteiger partial charge < -0.3 is 20.5 Å². The highest BCUT2D eigenvalue weighted by Gasteiger charge is 2.21. The van der Waals surface area contributed by atoms with Gasteiger partial charge in [-0.1, -0.05) is 0 Å². The fourth-order valence-electron chi connectivity index (χ4n) is 1.21. The van der Waals surface area contributed by atoms with Gasteiger partial charge >= 0.3 is 0 Å². The summed E-state index contributed by atoms with van der Waals surface area (Å²) in [5, 5.41) is 2.71. The molecular weight excluding hydrogens is 232 g/mol. The van der Waals surface area contributed by atoms with Crippen molar-refractivity contribution in [3.05, 3.63) is 0 Å². The number of carbonyl (C=O) groups excluding carboxylic acids is 1. The van der Waals surface area contributed by atoms with Crippen LogP contribution in [0.3, 0.4) is 0 Å². The van der Waals surface area contributed by atoms with E-state index in [0.717, 1.165) is 12.5 Å². The molecule has 0 aromatic rings. The Morgan fingerprint density at radius 1 is 1.56 bits per heavy atom. The van der Waals surface area contributed by atoms with E-state index in [1.807, 2.05) is 0 Å². The van der Waals surface area contributed by atoms with Gasteiger partial charge in [-0.2, -0.15) is 0 Å². The number of amides is 1. The van der Waals surface area contributed by atoms with Gasteiger partial charge in [-0.05, 0) is 18.8 Å². The number of nitrogens with two attached hydrogens (primary N) is 1. The van der Waals surface area contributed by atoms with Gasteiger partial charge in [0.15, 0.2) is 0 Å². The molecule has 1 aliphatic carbocycles. The zero-order valence-corrected chi connectivity index (χ0v) is 10.4. The maximum absolute atomic E-state index is 11.3. The van der Waals surface area contributed by atoms with Crippen LogP contribution in [0.5, 0.6) is 0 Å². The molecule has 0 saturated heterocycles. The first-order chi connectivity index (χ1) is 7.27. The van der Waals surface area contributed by atoms with E-state index in [-0.39, 0.29) is 24.9 Å². The molecule has 0 aromatic carbocycles. The SMILES string of the molecule is COC(CN)C(=O)NCCOCC1CC1.Cl. The number of methoxy groups -OCH3 is 1. The molecule has 0 aromatic heterocycles. The lowest BCUT2D eigenvalue weighted by atomic mass is 10.3. The first-order valence-electron chi connectivity index (χ1n) is 5.36. The van der Waals surface area contributed by atoms with Crippen molar-refractivity contribution in [2.45, 2.75) is 18.9 Å². The molecule has 1 saturated carbocycles. The Kier molecular flexibility index (Phi) is 8.56.